The highest BCUT2D eigenvalue weighted by molar-refractivity contribution is 4.67. The van der Waals surface area contributed by atoms with Crippen LogP contribution in [0.1, 0.15) is 33.6 Å². The average Bonchev–Trinajstić information content (AvgIpc) is 2.13. The fourth-order valence-corrected chi connectivity index (χ4v) is 1.39. The van der Waals surface area contributed by atoms with Crippen LogP contribution < -0.4 is 5.32 Å². The van der Waals surface area contributed by atoms with Gasteiger partial charge in [-0.1, -0.05) is 20.8 Å². The predicted molar refractivity (Wildman–Crippen MR) is 57.3 cm³/mol. The molecule has 3 nitrogen and oxygen atoms in total. The third-order valence-corrected chi connectivity index (χ3v) is 2.40. The van der Waals surface area contributed by atoms with Crippen molar-refractivity contribution in [2.24, 2.45) is 5.41 Å². The van der Waals surface area contributed by atoms with E-state index in [4.69, 9.17) is 9.47 Å². The topological polar surface area (TPSA) is 30.5 Å². The monoisotopic (exact) mass is 201 g/mol. The first-order valence-corrected chi connectivity index (χ1v) is 5.48. The summed E-state index contributed by atoms with van der Waals surface area (Å²) in [6.07, 6.45) is 2.57. The number of hydrogen-bond donors (Lipinski definition) is 1. The summed E-state index contributed by atoms with van der Waals surface area (Å²) in [5, 5.41) is 3.43. The Morgan fingerprint density at radius 2 is 2.14 bits per heavy atom. The Labute approximate surface area is 87.2 Å². The molecule has 0 spiro atoms. The molecule has 1 heterocycles. The molecule has 0 aliphatic carbocycles. The second kappa shape index (κ2) is 5.69. The Bertz CT molecular complexity index is 148. The van der Waals surface area contributed by atoms with E-state index in [0.717, 1.165) is 26.1 Å². The average molecular weight is 201 g/mol. The van der Waals surface area contributed by atoms with E-state index in [9.17, 15) is 0 Å². The zero-order valence-electron chi connectivity index (χ0n) is 9.64. The van der Waals surface area contributed by atoms with Crippen molar-refractivity contribution in [1.82, 2.24) is 5.32 Å². The van der Waals surface area contributed by atoms with Crippen molar-refractivity contribution < 1.29 is 9.47 Å². The molecule has 0 amide bonds. The number of hydrogen-bond acceptors (Lipinski definition) is 3. The van der Waals surface area contributed by atoms with Crippen molar-refractivity contribution >= 4 is 0 Å². The molecule has 1 aliphatic heterocycles. The Kier molecular flexibility index (Phi) is 4.85. The van der Waals surface area contributed by atoms with Crippen LogP contribution in [0.15, 0.2) is 0 Å². The zero-order chi connectivity index (χ0) is 10.4. The normalized spacial score (nSPS) is 23.8. The van der Waals surface area contributed by atoms with Crippen molar-refractivity contribution in [1.29, 1.82) is 0 Å². The predicted octanol–water partition coefficient (Wildman–Crippen LogP) is 1.78. The third-order valence-electron chi connectivity index (χ3n) is 2.40. The molecule has 0 aromatic heterocycles. The van der Waals surface area contributed by atoms with Gasteiger partial charge in [0.2, 0.25) is 0 Å². The van der Waals surface area contributed by atoms with E-state index in [-0.39, 0.29) is 0 Å². The molecule has 1 N–H and O–H groups in total. The lowest BCUT2D eigenvalue weighted by molar-refractivity contribution is -0.137. The molecule has 14 heavy (non-hydrogen) atoms. The minimum absolute atomic E-state index is 0.351. The maximum absolute atomic E-state index is 5.43. The Balaban J connectivity index is 1.97. The van der Waals surface area contributed by atoms with E-state index in [1.807, 2.05) is 0 Å². The summed E-state index contributed by atoms with van der Waals surface area (Å²) in [5.74, 6) is 0. The van der Waals surface area contributed by atoms with Gasteiger partial charge in [0.1, 0.15) is 6.79 Å². The van der Waals surface area contributed by atoms with Crippen LogP contribution in [0.2, 0.25) is 0 Å². The largest absolute Gasteiger partial charge is 0.355 e. The maximum atomic E-state index is 5.43. The first kappa shape index (κ1) is 12.0. The SMILES string of the molecule is CC(C)(C)CCNCC1CCOCO1. The van der Waals surface area contributed by atoms with E-state index >= 15 is 0 Å². The molecule has 1 unspecified atom stereocenters. The fourth-order valence-electron chi connectivity index (χ4n) is 1.39. The molecule has 1 saturated heterocycles. The van der Waals surface area contributed by atoms with Crippen molar-refractivity contribution in [3.8, 4) is 0 Å². The molecular weight excluding hydrogens is 178 g/mol. The second-order valence-electron chi connectivity index (χ2n) is 5.12. The third kappa shape index (κ3) is 5.58. The van der Waals surface area contributed by atoms with Gasteiger partial charge in [-0.15, -0.1) is 0 Å². The highest BCUT2D eigenvalue weighted by atomic mass is 16.7. The summed E-state index contributed by atoms with van der Waals surface area (Å²) in [4.78, 5) is 0. The summed E-state index contributed by atoms with van der Waals surface area (Å²) in [7, 11) is 0. The molecule has 1 aliphatic rings. The van der Waals surface area contributed by atoms with Gasteiger partial charge in [-0.25, -0.2) is 0 Å². The first-order chi connectivity index (χ1) is 6.58. The van der Waals surface area contributed by atoms with E-state index in [1.54, 1.807) is 0 Å². The standard InChI is InChI=1S/C11H23NO2/c1-11(2,3)5-6-12-8-10-4-7-13-9-14-10/h10,12H,4-9H2,1-3H3. The van der Waals surface area contributed by atoms with E-state index in [0.29, 0.717) is 18.3 Å². The van der Waals surface area contributed by atoms with Crippen LogP contribution in [0.5, 0.6) is 0 Å². The van der Waals surface area contributed by atoms with Gasteiger partial charge in [0.15, 0.2) is 0 Å². The number of ether oxygens (including phenoxy) is 2. The van der Waals surface area contributed by atoms with Crippen molar-refractivity contribution in [3.63, 3.8) is 0 Å². The molecule has 1 atom stereocenters. The Hall–Kier alpha value is -0.120. The Morgan fingerprint density at radius 1 is 1.36 bits per heavy atom. The lowest BCUT2D eigenvalue weighted by Gasteiger charge is -2.24. The molecule has 0 aromatic carbocycles. The lowest BCUT2D eigenvalue weighted by atomic mass is 9.92. The van der Waals surface area contributed by atoms with Gasteiger partial charge < -0.3 is 14.8 Å². The summed E-state index contributed by atoms with van der Waals surface area (Å²) in [6, 6.07) is 0. The highest BCUT2D eigenvalue weighted by Crippen LogP contribution is 2.17. The van der Waals surface area contributed by atoms with Crippen LogP contribution in [-0.2, 0) is 9.47 Å². The second-order valence-corrected chi connectivity index (χ2v) is 5.12. The smallest absolute Gasteiger partial charge is 0.147 e. The molecule has 1 fully saturated rings. The Morgan fingerprint density at radius 3 is 2.71 bits per heavy atom. The number of rotatable bonds is 4. The van der Waals surface area contributed by atoms with Crippen LogP contribution in [0, 0.1) is 5.41 Å². The zero-order valence-corrected chi connectivity index (χ0v) is 9.64. The van der Waals surface area contributed by atoms with Crippen molar-refractivity contribution in [2.75, 3.05) is 26.5 Å². The molecule has 1 rings (SSSR count). The summed E-state index contributed by atoms with van der Waals surface area (Å²) in [6.45, 7) is 10.1. The first-order valence-electron chi connectivity index (χ1n) is 5.48. The highest BCUT2D eigenvalue weighted by Gasteiger charge is 2.14. The minimum atomic E-state index is 0.351. The van der Waals surface area contributed by atoms with Gasteiger partial charge in [0.05, 0.1) is 12.7 Å². The van der Waals surface area contributed by atoms with Crippen molar-refractivity contribution in [3.05, 3.63) is 0 Å². The molecule has 0 saturated carbocycles. The van der Waals surface area contributed by atoms with E-state index in [2.05, 4.69) is 26.1 Å². The van der Waals surface area contributed by atoms with Gasteiger partial charge >= 0.3 is 0 Å². The lowest BCUT2D eigenvalue weighted by Crippen LogP contribution is -2.35. The van der Waals surface area contributed by atoms with Gasteiger partial charge in [-0.05, 0) is 24.8 Å². The van der Waals surface area contributed by atoms with E-state index in [1.165, 1.54) is 6.42 Å². The van der Waals surface area contributed by atoms with Crippen molar-refractivity contribution in [2.45, 2.75) is 39.7 Å². The van der Waals surface area contributed by atoms with Gasteiger partial charge in [-0.2, -0.15) is 0 Å². The van der Waals surface area contributed by atoms with Gasteiger partial charge in [0.25, 0.3) is 0 Å². The van der Waals surface area contributed by atoms with E-state index < -0.39 is 0 Å². The summed E-state index contributed by atoms with van der Waals surface area (Å²) >= 11 is 0. The quantitative estimate of drug-likeness (QED) is 0.703. The number of nitrogens with one attached hydrogen (secondary N) is 1. The van der Waals surface area contributed by atoms with Crippen LogP contribution in [0.3, 0.4) is 0 Å². The molecule has 0 bridgehead atoms. The minimum Gasteiger partial charge on any atom is -0.355 e. The molecule has 0 aromatic rings. The fraction of sp³-hybridized carbons (Fsp3) is 1.00. The maximum Gasteiger partial charge on any atom is 0.147 e. The molecule has 3 heteroatoms. The van der Waals surface area contributed by atoms with Crippen LogP contribution in [0.4, 0.5) is 0 Å². The van der Waals surface area contributed by atoms with Gasteiger partial charge in [-0.3, -0.25) is 0 Å². The molecular formula is C11H23NO2. The van der Waals surface area contributed by atoms with Crippen LogP contribution >= 0.6 is 0 Å². The summed E-state index contributed by atoms with van der Waals surface area (Å²) in [5.41, 5.74) is 0.420. The van der Waals surface area contributed by atoms with Gasteiger partial charge in [0, 0.05) is 6.54 Å². The van der Waals surface area contributed by atoms with Crippen LogP contribution in [-0.4, -0.2) is 32.6 Å². The molecule has 84 valence electrons. The van der Waals surface area contributed by atoms with Crippen LogP contribution in [0.25, 0.3) is 0 Å². The summed E-state index contributed by atoms with van der Waals surface area (Å²) < 4.78 is 10.5. The molecule has 0 radical (unpaired) electrons.